The second kappa shape index (κ2) is 12.0. The lowest BCUT2D eigenvalue weighted by atomic mass is 9.82. The normalized spacial score (nSPS) is 18.2. The van der Waals surface area contributed by atoms with Crippen LogP contribution in [0.4, 0.5) is 4.39 Å². The maximum Gasteiger partial charge on any atom is 0.213 e. The number of carbonyl (C=O) groups is 1. The van der Waals surface area contributed by atoms with Crippen LogP contribution in [0, 0.1) is 17.7 Å². The van der Waals surface area contributed by atoms with Crippen molar-refractivity contribution in [3.63, 3.8) is 0 Å². The van der Waals surface area contributed by atoms with Gasteiger partial charge in [0.15, 0.2) is 0 Å². The van der Waals surface area contributed by atoms with Gasteiger partial charge in [-0.2, -0.15) is 0 Å². The Hall–Kier alpha value is -3.45. The highest BCUT2D eigenvalue weighted by molar-refractivity contribution is 5.70. The summed E-state index contributed by atoms with van der Waals surface area (Å²) in [5.74, 6) is -0.459. The summed E-state index contributed by atoms with van der Waals surface area (Å²) in [6.07, 6.45) is 4.82. The van der Waals surface area contributed by atoms with Gasteiger partial charge in [0.1, 0.15) is 17.7 Å². The molecule has 5 rings (SSSR count). The van der Waals surface area contributed by atoms with Crippen molar-refractivity contribution >= 4 is 5.97 Å². The molecular weight excluding hydrogens is 531 g/mol. The van der Waals surface area contributed by atoms with Gasteiger partial charge in [-0.05, 0) is 98.7 Å². The zero-order valence-electron chi connectivity index (χ0n) is 25.6. The molecule has 0 bridgehead atoms. The van der Waals surface area contributed by atoms with Crippen molar-refractivity contribution < 1.29 is 23.8 Å². The number of hydrogen-bond acceptors (Lipinski definition) is 6. The van der Waals surface area contributed by atoms with Crippen LogP contribution in [-0.4, -0.2) is 35.0 Å². The third-order valence-corrected chi connectivity index (χ3v) is 8.98. The summed E-state index contributed by atoms with van der Waals surface area (Å²) < 4.78 is 27.1. The molecule has 1 saturated carbocycles. The average molecular weight is 574 g/mol. The van der Waals surface area contributed by atoms with E-state index in [4.69, 9.17) is 9.47 Å². The second-order valence-electron chi connectivity index (χ2n) is 12.8. The topological polar surface area (TPSA) is 74.7 Å². The van der Waals surface area contributed by atoms with Gasteiger partial charge < -0.3 is 19.4 Å². The fourth-order valence-electron chi connectivity index (χ4n) is 6.37. The monoisotopic (exact) mass is 573 g/mol. The number of benzene rings is 2. The van der Waals surface area contributed by atoms with E-state index in [1.54, 1.807) is 13.0 Å². The van der Waals surface area contributed by atoms with Gasteiger partial charge in [-0.1, -0.05) is 44.2 Å². The molecule has 2 heterocycles. The van der Waals surface area contributed by atoms with Crippen LogP contribution in [0.2, 0.25) is 0 Å². The maximum atomic E-state index is 15.1. The first-order valence-corrected chi connectivity index (χ1v) is 15.1. The molecule has 0 N–H and O–H groups in total. The van der Waals surface area contributed by atoms with Gasteiger partial charge in [0.25, 0.3) is 0 Å². The van der Waals surface area contributed by atoms with E-state index < -0.39 is 17.7 Å². The molecule has 2 aromatic carbocycles. The summed E-state index contributed by atoms with van der Waals surface area (Å²) in [6.45, 7) is 11.9. The molecule has 0 amide bonds. The quantitative estimate of drug-likeness (QED) is 0.277. The standard InChI is InChI=1S/C35H43FN2O4/c1-7-38(35(3,4)5)20-26-16-24(12-14-27(26)28-18-32(41-6)37-19-29(28)36)30-15-13-22-8-11-25(17-31(22)42-30)33(23-9-10-23)21(2)34(39)40/h8,11-12,14,16-19,21,23,30,33H,7,9-10,13,15,20H2,1-6H3,(H,39,40)/p-1/t21-,30?,33-/m0/s1. The molecule has 1 unspecified atom stereocenters. The molecule has 0 saturated heterocycles. The van der Waals surface area contributed by atoms with Crippen molar-refractivity contribution in [3.05, 3.63) is 76.7 Å². The van der Waals surface area contributed by atoms with Crippen LogP contribution in [-0.2, 0) is 17.8 Å². The number of hydrogen-bond donors (Lipinski definition) is 0. The first-order chi connectivity index (χ1) is 20.0. The number of halogens is 1. The lowest BCUT2D eigenvalue weighted by molar-refractivity contribution is -0.311. The molecule has 1 fully saturated rings. The second-order valence-corrected chi connectivity index (χ2v) is 12.8. The molecular formula is C35H42FN2O4-. The minimum atomic E-state index is -1.00. The number of carbonyl (C=O) groups excluding carboxylic acids is 1. The van der Waals surface area contributed by atoms with Crippen LogP contribution < -0.4 is 14.6 Å². The Morgan fingerprint density at radius 1 is 1.14 bits per heavy atom. The number of carboxylic acids is 1. The zero-order valence-corrected chi connectivity index (χ0v) is 25.6. The Balaban J connectivity index is 1.50. The highest BCUT2D eigenvalue weighted by Gasteiger charge is 2.37. The van der Waals surface area contributed by atoms with Crippen molar-refractivity contribution in [2.24, 2.45) is 11.8 Å². The van der Waals surface area contributed by atoms with Crippen molar-refractivity contribution in [2.75, 3.05) is 13.7 Å². The maximum absolute atomic E-state index is 15.1. The van der Waals surface area contributed by atoms with Gasteiger partial charge in [-0.25, -0.2) is 9.37 Å². The van der Waals surface area contributed by atoms with Crippen molar-refractivity contribution in [1.82, 2.24) is 9.88 Å². The fourth-order valence-corrected chi connectivity index (χ4v) is 6.37. The Morgan fingerprint density at radius 2 is 1.90 bits per heavy atom. The molecule has 224 valence electrons. The van der Waals surface area contributed by atoms with E-state index in [9.17, 15) is 9.90 Å². The fraction of sp³-hybridized carbons (Fsp3) is 0.486. The van der Waals surface area contributed by atoms with Gasteiger partial charge in [-0.15, -0.1) is 0 Å². The SMILES string of the molecule is CCN(Cc1cc(C2CCc3ccc([C@H](C4CC4)[C@H](C)C(=O)[O-])cc3O2)ccc1-c1cc(OC)ncc1F)C(C)(C)C. The van der Waals surface area contributed by atoms with E-state index in [0.717, 1.165) is 65.8 Å². The predicted molar refractivity (Wildman–Crippen MR) is 160 cm³/mol. The Bertz CT molecular complexity index is 1450. The van der Waals surface area contributed by atoms with Crippen molar-refractivity contribution in [3.8, 4) is 22.8 Å². The number of aliphatic carboxylic acids is 1. The molecule has 1 aliphatic heterocycles. The predicted octanol–water partition coefficient (Wildman–Crippen LogP) is 6.46. The van der Waals surface area contributed by atoms with Crippen LogP contribution in [0.3, 0.4) is 0 Å². The van der Waals surface area contributed by atoms with Gasteiger partial charge in [-0.3, -0.25) is 4.90 Å². The molecule has 0 radical (unpaired) electrons. The van der Waals surface area contributed by atoms with E-state index >= 15 is 4.39 Å². The molecule has 0 spiro atoms. The molecule has 42 heavy (non-hydrogen) atoms. The molecule has 1 aromatic heterocycles. The number of rotatable bonds is 10. The van der Waals surface area contributed by atoms with Crippen LogP contribution in [0.5, 0.6) is 11.6 Å². The van der Waals surface area contributed by atoms with Gasteiger partial charge in [0, 0.05) is 35.6 Å². The molecule has 3 aromatic rings. The summed E-state index contributed by atoms with van der Waals surface area (Å²) in [4.78, 5) is 18.2. The third-order valence-electron chi connectivity index (χ3n) is 8.98. The highest BCUT2D eigenvalue weighted by Crippen LogP contribution is 2.48. The van der Waals surface area contributed by atoms with Crippen LogP contribution >= 0.6 is 0 Å². The van der Waals surface area contributed by atoms with Crippen molar-refractivity contribution in [2.45, 2.75) is 84.4 Å². The minimum absolute atomic E-state index is 0.0696. The summed E-state index contributed by atoms with van der Waals surface area (Å²) in [7, 11) is 1.53. The molecule has 3 atom stereocenters. The molecule has 2 aliphatic rings. The van der Waals surface area contributed by atoms with Crippen LogP contribution in [0.15, 0.2) is 48.7 Å². The lowest BCUT2D eigenvalue weighted by Crippen LogP contribution is -2.40. The van der Waals surface area contributed by atoms with E-state index in [2.05, 4.69) is 61.8 Å². The Morgan fingerprint density at radius 3 is 2.55 bits per heavy atom. The number of aromatic nitrogens is 1. The average Bonchev–Trinajstić information content (AvgIpc) is 3.80. The first-order valence-electron chi connectivity index (χ1n) is 15.1. The van der Waals surface area contributed by atoms with Gasteiger partial charge >= 0.3 is 0 Å². The Kier molecular flexibility index (Phi) is 8.61. The van der Waals surface area contributed by atoms with E-state index in [1.807, 2.05) is 12.1 Å². The number of ether oxygens (including phenoxy) is 2. The molecule has 1 aliphatic carbocycles. The van der Waals surface area contributed by atoms with Gasteiger partial charge in [0.2, 0.25) is 5.88 Å². The summed E-state index contributed by atoms with van der Waals surface area (Å²) in [5, 5.41) is 11.8. The minimum Gasteiger partial charge on any atom is -0.550 e. The third kappa shape index (κ3) is 6.31. The lowest BCUT2D eigenvalue weighted by Gasteiger charge is -2.35. The number of fused-ring (bicyclic) bond motifs is 1. The molecule has 6 nitrogen and oxygen atoms in total. The van der Waals surface area contributed by atoms with E-state index in [1.165, 1.54) is 13.3 Å². The number of methoxy groups -OCH3 is 1. The summed E-state index contributed by atoms with van der Waals surface area (Å²) in [6, 6.07) is 14.0. The number of aryl methyl sites for hydroxylation is 1. The number of pyridine rings is 1. The summed E-state index contributed by atoms with van der Waals surface area (Å²) >= 11 is 0. The van der Waals surface area contributed by atoms with Crippen LogP contribution in [0.1, 0.15) is 88.2 Å². The summed E-state index contributed by atoms with van der Waals surface area (Å²) in [5.41, 5.74) is 5.39. The van der Waals surface area contributed by atoms with Gasteiger partial charge in [0.05, 0.1) is 13.3 Å². The number of carboxylic acid groups (broad SMARTS) is 1. The number of nitrogens with zero attached hydrogens (tertiary/aromatic N) is 2. The molecule has 7 heteroatoms. The van der Waals surface area contributed by atoms with E-state index in [-0.39, 0.29) is 17.6 Å². The Labute approximate surface area is 248 Å². The highest BCUT2D eigenvalue weighted by atomic mass is 19.1. The largest absolute Gasteiger partial charge is 0.550 e. The van der Waals surface area contributed by atoms with Crippen molar-refractivity contribution in [1.29, 1.82) is 0 Å². The van der Waals surface area contributed by atoms with E-state index in [0.29, 0.717) is 23.9 Å². The zero-order chi connectivity index (χ0) is 30.2. The first kappa shape index (κ1) is 30.0. The van der Waals surface area contributed by atoms with Crippen LogP contribution in [0.25, 0.3) is 11.1 Å². The smallest absolute Gasteiger partial charge is 0.213 e.